The fraction of sp³-hybridized carbons (Fsp3) is 0.400. The van der Waals surface area contributed by atoms with Gasteiger partial charge in [0.05, 0.1) is 0 Å². The summed E-state index contributed by atoms with van der Waals surface area (Å²) in [6.45, 7) is 1.81. The average Bonchev–Trinajstić information content (AvgIpc) is 2.16. The van der Waals surface area contributed by atoms with E-state index in [-0.39, 0.29) is 17.1 Å². The number of carbonyl (C=O) groups is 1. The van der Waals surface area contributed by atoms with Gasteiger partial charge >= 0.3 is 0 Å². The Kier molecular flexibility index (Phi) is 4.89. The smallest absolute Gasteiger partial charge is 0.251 e. The first kappa shape index (κ1) is 13.1. The minimum atomic E-state index is -0.926. The number of rotatable bonds is 4. The molecule has 1 amide bonds. The van der Waals surface area contributed by atoms with Crippen LogP contribution in [0.25, 0.3) is 0 Å². The highest BCUT2D eigenvalue weighted by Gasteiger charge is 2.11. The summed E-state index contributed by atoms with van der Waals surface area (Å²) >= 11 is 5.67. The predicted octanol–water partition coefficient (Wildman–Crippen LogP) is 1.23. The molecule has 0 aliphatic rings. The maximum Gasteiger partial charge on any atom is 0.251 e. The second kappa shape index (κ2) is 5.96. The number of pyridine rings is 1. The van der Waals surface area contributed by atoms with Crippen LogP contribution in [0.3, 0.4) is 0 Å². The number of carbonyl (C=O) groups excluding carboxylic acids is 1. The van der Waals surface area contributed by atoms with Gasteiger partial charge in [0.15, 0.2) is 0 Å². The molecule has 6 heteroatoms. The molecule has 2 unspecified atom stereocenters. The quantitative estimate of drug-likeness (QED) is 0.829. The third-order valence-electron chi connectivity index (χ3n) is 1.85. The lowest BCUT2D eigenvalue weighted by atomic mass is 10.2. The summed E-state index contributed by atoms with van der Waals surface area (Å²) in [5.74, 6) is 0.201. The maximum absolute atomic E-state index is 11.7. The number of nitrogens with one attached hydrogen (secondary N) is 1. The van der Waals surface area contributed by atoms with Crippen molar-refractivity contribution in [3.63, 3.8) is 0 Å². The van der Waals surface area contributed by atoms with Crippen molar-refractivity contribution in [1.29, 1.82) is 0 Å². The van der Waals surface area contributed by atoms with Gasteiger partial charge in [-0.25, -0.2) is 4.98 Å². The van der Waals surface area contributed by atoms with Crippen molar-refractivity contribution in [1.82, 2.24) is 10.3 Å². The normalized spacial score (nSPS) is 14.2. The Labute approximate surface area is 102 Å². The van der Waals surface area contributed by atoms with Gasteiger partial charge in [-0.15, -0.1) is 0 Å². The second-order valence-corrected chi connectivity index (χ2v) is 5.35. The molecule has 0 bridgehead atoms. The molecule has 1 aromatic heterocycles. The van der Waals surface area contributed by atoms with Crippen LogP contribution in [-0.4, -0.2) is 33.2 Å². The lowest BCUT2D eigenvalue weighted by molar-refractivity contribution is 0.0943. The number of amides is 1. The summed E-state index contributed by atoms with van der Waals surface area (Å²) in [5.41, 5.74) is 0.453. The van der Waals surface area contributed by atoms with E-state index in [0.29, 0.717) is 11.3 Å². The van der Waals surface area contributed by atoms with Gasteiger partial charge in [-0.05, 0) is 19.1 Å². The van der Waals surface area contributed by atoms with Crippen LogP contribution in [0.2, 0.25) is 5.15 Å². The van der Waals surface area contributed by atoms with E-state index in [4.69, 9.17) is 11.6 Å². The van der Waals surface area contributed by atoms with Crippen LogP contribution >= 0.6 is 11.6 Å². The monoisotopic (exact) mass is 260 g/mol. The zero-order valence-corrected chi connectivity index (χ0v) is 10.6. The molecule has 0 aliphatic heterocycles. The first-order valence-electron chi connectivity index (χ1n) is 4.71. The molecule has 0 radical (unpaired) electrons. The van der Waals surface area contributed by atoms with E-state index < -0.39 is 10.8 Å². The van der Waals surface area contributed by atoms with E-state index >= 15 is 0 Å². The second-order valence-electron chi connectivity index (χ2n) is 3.48. The van der Waals surface area contributed by atoms with E-state index in [9.17, 15) is 9.00 Å². The van der Waals surface area contributed by atoms with Crippen LogP contribution in [-0.2, 0) is 10.8 Å². The zero-order chi connectivity index (χ0) is 12.1. The SMILES string of the molecule is CC(CS(C)=O)NC(=O)c1ccnc(Cl)c1. The van der Waals surface area contributed by atoms with Crippen molar-refractivity contribution in [2.75, 3.05) is 12.0 Å². The molecule has 0 saturated heterocycles. The van der Waals surface area contributed by atoms with E-state index in [1.807, 2.05) is 6.92 Å². The highest BCUT2D eigenvalue weighted by atomic mass is 35.5. The number of aromatic nitrogens is 1. The Morgan fingerprint density at radius 3 is 2.94 bits per heavy atom. The summed E-state index contributed by atoms with van der Waals surface area (Å²) in [4.78, 5) is 15.5. The molecule has 16 heavy (non-hydrogen) atoms. The Bertz CT molecular complexity index is 412. The number of nitrogens with zero attached hydrogens (tertiary/aromatic N) is 1. The van der Waals surface area contributed by atoms with E-state index in [1.165, 1.54) is 12.3 Å². The summed E-state index contributed by atoms with van der Waals surface area (Å²) in [7, 11) is -0.926. The van der Waals surface area contributed by atoms with Gasteiger partial charge in [0.2, 0.25) is 0 Å². The van der Waals surface area contributed by atoms with Crippen molar-refractivity contribution < 1.29 is 9.00 Å². The van der Waals surface area contributed by atoms with E-state index in [1.54, 1.807) is 12.3 Å². The summed E-state index contributed by atoms with van der Waals surface area (Å²) in [6.07, 6.45) is 3.08. The molecule has 2 atom stereocenters. The minimum Gasteiger partial charge on any atom is -0.349 e. The van der Waals surface area contributed by atoms with Gasteiger partial charge < -0.3 is 5.32 Å². The molecule has 0 aliphatic carbocycles. The van der Waals surface area contributed by atoms with Crippen molar-refractivity contribution >= 4 is 28.3 Å². The van der Waals surface area contributed by atoms with Crippen molar-refractivity contribution in [2.45, 2.75) is 13.0 Å². The zero-order valence-electron chi connectivity index (χ0n) is 9.07. The highest BCUT2D eigenvalue weighted by molar-refractivity contribution is 7.84. The molecule has 1 N–H and O–H groups in total. The van der Waals surface area contributed by atoms with Gasteiger partial charge in [0.25, 0.3) is 5.91 Å². The Morgan fingerprint density at radius 2 is 2.38 bits per heavy atom. The fourth-order valence-electron chi connectivity index (χ4n) is 1.24. The maximum atomic E-state index is 11.7. The molecule has 1 aromatic rings. The van der Waals surface area contributed by atoms with Crippen LogP contribution in [0, 0.1) is 0 Å². The molecule has 1 heterocycles. The largest absolute Gasteiger partial charge is 0.349 e. The predicted molar refractivity (Wildman–Crippen MR) is 65.1 cm³/mol. The molecular formula is C10H13ClN2O2S. The topological polar surface area (TPSA) is 59.1 Å². The van der Waals surface area contributed by atoms with Gasteiger partial charge in [0.1, 0.15) is 5.15 Å². The molecule has 0 spiro atoms. The average molecular weight is 261 g/mol. The summed E-state index contributed by atoms with van der Waals surface area (Å²) in [6, 6.07) is 2.94. The fourth-order valence-corrected chi connectivity index (χ4v) is 2.21. The third kappa shape index (κ3) is 4.28. The molecule has 0 fully saturated rings. The molecular weight excluding hydrogens is 248 g/mol. The summed E-state index contributed by atoms with van der Waals surface area (Å²) in [5, 5.41) is 3.01. The van der Waals surface area contributed by atoms with Gasteiger partial charge in [0, 0.05) is 40.6 Å². The van der Waals surface area contributed by atoms with Crippen molar-refractivity contribution in [3.8, 4) is 0 Å². The Morgan fingerprint density at radius 1 is 1.69 bits per heavy atom. The van der Waals surface area contributed by atoms with Gasteiger partial charge in [-0.3, -0.25) is 9.00 Å². The Hall–Kier alpha value is -0.940. The van der Waals surface area contributed by atoms with Crippen LogP contribution in [0.1, 0.15) is 17.3 Å². The molecule has 4 nitrogen and oxygen atoms in total. The van der Waals surface area contributed by atoms with Crippen LogP contribution < -0.4 is 5.32 Å². The molecule has 1 rings (SSSR count). The van der Waals surface area contributed by atoms with Crippen molar-refractivity contribution in [3.05, 3.63) is 29.0 Å². The first-order chi connectivity index (χ1) is 7.49. The summed E-state index contributed by atoms with van der Waals surface area (Å²) < 4.78 is 11.0. The molecule has 0 saturated carbocycles. The first-order valence-corrected chi connectivity index (χ1v) is 6.82. The number of hydrogen-bond donors (Lipinski definition) is 1. The number of hydrogen-bond acceptors (Lipinski definition) is 3. The van der Waals surface area contributed by atoms with E-state index in [0.717, 1.165) is 0 Å². The molecule has 88 valence electrons. The lowest BCUT2D eigenvalue weighted by Gasteiger charge is -2.12. The lowest BCUT2D eigenvalue weighted by Crippen LogP contribution is -2.36. The van der Waals surface area contributed by atoms with Crippen LogP contribution in [0.5, 0.6) is 0 Å². The van der Waals surface area contributed by atoms with Crippen LogP contribution in [0.4, 0.5) is 0 Å². The Balaban J connectivity index is 2.62. The van der Waals surface area contributed by atoms with Gasteiger partial charge in [-0.1, -0.05) is 11.6 Å². The molecule has 0 aromatic carbocycles. The van der Waals surface area contributed by atoms with Crippen molar-refractivity contribution in [2.24, 2.45) is 0 Å². The number of halogens is 1. The van der Waals surface area contributed by atoms with Gasteiger partial charge in [-0.2, -0.15) is 0 Å². The highest BCUT2D eigenvalue weighted by Crippen LogP contribution is 2.07. The van der Waals surface area contributed by atoms with E-state index in [2.05, 4.69) is 10.3 Å². The standard InChI is InChI=1S/C10H13ClN2O2S/c1-7(6-16(2)15)13-10(14)8-3-4-12-9(11)5-8/h3-5,7H,6H2,1-2H3,(H,13,14). The third-order valence-corrected chi connectivity index (χ3v) is 3.03. The van der Waals surface area contributed by atoms with Crippen LogP contribution in [0.15, 0.2) is 18.3 Å². The minimum absolute atomic E-state index is 0.134.